The lowest BCUT2D eigenvalue weighted by Gasteiger charge is -2.13. The lowest BCUT2D eigenvalue weighted by Crippen LogP contribution is -2.12. The van der Waals surface area contributed by atoms with Gasteiger partial charge in [-0.25, -0.2) is 0 Å². The minimum absolute atomic E-state index is 0.0305. The molecule has 29 heavy (non-hydrogen) atoms. The van der Waals surface area contributed by atoms with Crippen molar-refractivity contribution in [2.75, 3.05) is 0 Å². The molecule has 0 radical (unpaired) electrons. The van der Waals surface area contributed by atoms with E-state index in [-0.39, 0.29) is 5.43 Å². The van der Waals surface area contributed by atoms with Crippen LogP contribution in [0.5, 0.6) is 0 Å². The van der Waals surface area contributed by atoms with Gasteiger partial charge in [0.2, 0.25) is 11.7 Å². The molecule has 0 aliphatic rings. The Balaban J connectivity index is 1.66. The molecule has 2 aromatic heterocycles. The van der Waals surface area contributed by atoms with Gasteiger partial charge in [-0.2, -0.15) is 4.98 Å². The van der Waals surface area contributed by atoms with Gasteiger partial charge in [-0.05, 0) is 55.5 Å². The number of halogens is 1. The number of pyridine rings is 1. The maximum atomic E-state index is 13.0. The molecule has 3 aromatic carbocycles. The zero-order valence-electron chi connectivity index (χ0n) is 15.6. The summed E-state index contributed by atoms with van der Waals surface area (Å²) >= 11 is 5.95. The van der Waals surface area contributed by atoms with Crippen LogP contribution in [-0.2, 0) is 6.54 Å². The molecule has 5 aromatic rings. The van der Waals surface area contributed by atoms with E-state index in [0.717, 1.165) is 22.2 Å². The molecule has 5 nitrogen and oxygen atoms in total. The second-order valence-corrected chi connectivity index (χ2v) is 7.41. The fourth-order valence-corrected chi connectivity index (χ4v) is 3.71. The van der Waals surface area contributed by atoms with Gasteiger partial charge in [-0.1, -0.05) is 40.5 Å². The maximum absolute atomic E-state index is 13.0. The van der Waals surface area contributed by atoms with Crippen LogP contribution in [0.2, 0.25) is 5.02 Å². The molecule has 0 spiro atoms. The summed E-state index contributed by atoms with van der Waals surface area (Å²) < 4.78 is 7.56. The molecular weight excluding hydrogens is 386 g/mol. The Hall–Kier alpha value is -3.44. The minimum atomic E-state index is 0.0305. The maximum Gasteiger partial charge on any atom is 0.246 e. The van der Waals surface area contributed by atoms with Crippen LogP contribution >= 0.6 is 11.6 Å². The number of hydrogen-bond donors (Lipinski definition) is 0. The molecule has 0 atom stereocenters. The molecule has 142 valence electrons. The Kier molecular flexibility index (Phi) is 4.18. The zero-order chi connectivity index (χ0) is 20.0. The van der Waals surface area contributed by atoms with Crippen molar-refractivity contribution < 1.29 is 4.52 Å². The van der Waals surface area contributed by atoms with E-state index in [9.17, 15) is 4.79 Å². The second-order valence-electron chi connectivity index (χ2n) is 6.97. The quantitative estimate of drug-likeness (QED) is 0.389. The summed E-state index contributed by atoms with van der Waals surface area (Å²) in [6.45, 7) is 2.34. The van der Waals surface area contributed by atoms with Crippen molar-refractivity contribution in [3.05, 3.63) is 93.4 Å². The summed E-state index contributed by atoms with van der Waals surface area (Å²) in [6.07, 6.45) is 0. The number of rotatable bonds is 3. The van der Waals surface area contributed by atoms with Crippen LogP contribution in [-0.4, -0.2) is 14.7 Å². The molecule has 0 fully saturated rings. The first-order chi connectivity index (χ1) is 14.1. The topological polar surface area (TPSA) is 60.9 Å². The number of nitrogens with zero attached hydrogens (tertiary/aromatic N) is 3. The van der Waals surface area contributed by atoms with Gasteiger partial charge in [-0.15, -0.1) is 0 Å². The summed E-state index contributed by atoms with van der Waals surface area (Å²) in [7, 11) is 0. The summed E-state index contributed by atoms with van der Waals surface area (Å²) in [5.41, 5.74) is 3.57. The third kappa shape index (κ3) is 3.09. The lowest BCUT2D eigenvalue weighted by molar-refractivity contribution is 0.374. The van der Waals surface area contributed by atoms with Crippen LogP contribution in [0.3, 0.4) is 0 Å². The van der Waals surface area contributed by atoms with Crippen LogP contribution in [0.1, 0.15) is 11.5 Å². The zero-order valence-corrected chi connectivity index (χ0v) is 16.3. The van der Waals surface area contributed by atoms with E-state index in [1.807, 2.05) is 66.1 Å². The van der Waals surface area contributed by atoms with Crippen LogP contribution < -0.4 is 5.43 Å². The molecular formula is C23H16ClN3O2. The second kappa shape index (κ2) is 6.87. The highest BCUT2D eigenvalue weighted by Gasteiger charge is 2.14. The molecule has 0 bridgehead atoms. The normalized spacial score (nSPS) is 11.4. The SMILES string of the molecule is Cc1ccc2c(c1)c(=O)c1ccccc1n2Cc1nc(-c2ccc(Cl)cc2)no1. The average molecular weight is 402 g/mol. The van der Waals surface area contributed by atoms with Gasteiger partial charge in [0.25, 0.3) is 0 Å². The molecule has 2 heterocycles. The Labute approximate surface area is 171 Å². The van der Waals surface area contributed by atoms with Crippen molar-refractivity contribution in [3.8, 4) is 11.4 Å². The smallest absolute Gasteiger partial charge is 0.246 e. The number of aromatic nitrogens is 3. The summed E-state index contributed by atoms with van der Waals surface area (Å²) in [5.74, 6) is 0.966. The van der Waals surface area contributed by atoms with E-state index in [1.165, 1.54) is 0 Å². The third-order valence-corrected chi connectivity index (χ3v) is 5.24. The molecule has 6 heteroatoms. The summed E-state index contributed by atoms with van der Waals surface area (Å²) in [4.78, 5) is 17.5. The van der Waals surface area contributed by atoms with Crippen molar-refractivity contribution in [2.24, 2.45) is 0 Å². The Morgan fingerprint density at radius 3 is 2.55 bits per heavy atom. The van der Waals surface area contributed by atoms with Crippen molar-refractivity contribution in [1.29, 1.82) is 0 Å². The fraction of sp³-hybridized carbons (Fsp3) is 0.0870. The molecule has 0 amide bonds. The summed E-state index contributed by atoms with van der Waals surface area (Å²) in [6, 6.07) is 20.8. The summed E-state index contributed by atoms with van der Waals surface area (Å²) in [5, 5.41) is 6.10. The predicted molar refractivity (Wildman–Crippen MR) is 114 cm³/mol. The fourth-order valence-electron chi connectivity index (χ4n) is 3.58. The molecule has 0 unspecified atom stereocenters. The van der Waals surface area contributed by atoms with Crippen LogP contribution in [0, 0.1) is 6.92 Å². The predicted octanol–water partition coefficient (Wildman–Crippen LogP) is 5.21. The van der Waals surface area contributed by atoms with Gasteiger partial charge < -0.3 is 9.09 Å². The Bertz CT molecular complexity index is 1420. The van der Waals surface area contributed by atoms with Gasteiger partial charge in [0.05, 0.1) is 11.0 Å². The third-order valence-electron chi connectivity index (χ3n) is 4.99. The average Bonchev–Trinajstić information content (AvgIpc) is 3.20. The molecule has 0 aliphatic carbocycles. The van der Waals surface area contributed by atoms with Gasteiger partial charge in [0.15, 0.2) is 5.43 Å². The highest BCUT2D eigenvalue weighted by molar-refractivity contribution is 6.30. The van der Waals surface area contributed by atoms with Crippen LogP contribution in [0.25, 0.3) is 33.2 Å². The molecule has 5 rings (SSSR count). The van der Waals surface area contributed by atoms with E-state index in [2.05, 4.69) is 10.1 Å². The van der Waals surface area contributed by atoms with Crippen molar-refractivity contribution in [3.63, 3.8) is 0 Å². The molecule has 0 N–H and O–H groups in total. The first-order valence-electron chi connectivity index (χ1n) is 9.20. The number of benzene rings is 3. The standard InChI is InChI=1S/C23H16ClN3O2/c1-14-6-11-20-18(12-14)22(28)17-4-2-3-5-19(17)27(20)13-21-25-23(26-29-21)15-7-9-16(24)10-8-15/h2-12H,13H2,1H3. The van der Waals surface area contributed by atoms with E-state index >= 15 is 0 Å². The van der Waals surface area contributed by atoms with E-state index in [1.54, 1.807) is 12.1 Å². The highest BCUT2D eigenvalue weighted by Crippen LogP contribution is 2.23. The van der Waals surface area contributed by atoms with E-state index in [0.29, 0.717) is 34.1 Å². The molecule has 0 saturated heterocycles. The van der Waals surface area contributed by atoms with E-state index < -0.39 is 0 Å². The van der Waals surface area contributed by atoms with Gasteiger partial charge in [0.1, 0.15) is 6.54 Å². The number of aryl methyl sites for hydroxylation is 1. The largest absolute Gasteiger partial charge is 0.337 e. The minimum Gasteiger partial charge on any atom is -0.337 e. The Morgan fingerprint density at radius 2 is 1.72 bits per heavy atom. The number of para-hydroxylation sites is 1. The number of hydrogen-bond acceptors (Lipinski definition) is 4. The number of fused-ring (bicyclic) bond motifs is 2. The highest BCUT2D eigenvalue weighted by atomic mass is 35.5. The van der Waals surface area contributed by atoms with Crippen molar-refractivity contribution in [1.82, 2.24) is 14.7 Å². The first kappa shape index (κ1) is 17.6. The first-order valence-corrected chi connectivity index (χ1v) is 9.58. The van der Waals surface area contributed by atoms with E-state index in [4.69, 9.17) is 16.1 Å². The monoisotopic (exact) mass is 401 g/mol. The molecule has 0 saturated carbocycles. The van der Waals surface area contributed by atoms with Crippen molar-refractivity contribution >= 4 is 33.4 Å². The van der Waals surface area contributed by atoms with Crippen molar-refractivity contribution in [2.45, 2.75) is 13.5 Å². The van der Waals surface area contributed by atoms with Crippen LogP contribution in [0.4, 0.5) is 0 Å². The van der Waals surface area contributed by atoms with Gasteiger partial charge >= 0.3 is 0 Å². The van der Waals surface area contributed by atoms with Gasteiger partial charge in [-0.3, -0.25) is 4.79 Å². The van der Waals surface area contributed by atoms with Crippen LogP contribution in [0.15, 0.2) is 76.0 Å². The lowest BCUT2D eigenvalue weighted by atomic mass is 10.1. The van der Waals surface area contributed by atoms with Gasteiger partial charge in [0, 0.05) is 21.4 Å². The Morgan fingerprint density at radius 1 is 0.966 bits per heavy atom. The molecule has 0 aliphatic heterocycles.